The largest absolute Gasteiger partial charge is 0.389 e. The molecule has 0 aromatic carbocycles. The Morgan fingerprint density at radius 2 is 2.24 bits per heavy atom. The van der Waals surface area contributed by atoms with Crippen LogP contribution in [0.2, 0.25) is 0 Å². The van der Waals surface area contributed by atoms with E-state index in [9.17, 15) is 25.1 Å². The van der Waals surface area contributed by atoms with Gasteiger partial charge in [-0.25, -0.2) is 0 Å². The maximum Gasteiger partial charge on any atom is 0.293 e. The van der Waals surface area contributed by atoms with E-state index in [1.54, 1.807) is 0 Å². The highest BCUT2D eigenvalue weighted by Crippen LogP contribution is 2.25. The number of amides is 1. The molecular weight excluding hydrogens is 230 g/mol. The zero-order chi connectivity index (χ0) is 13.0. The van der Waals surface area contributed by atoms with Gasteiger partial charge in [0.15, 0.2) is 0 Å². The van der Waals surface area contributed by atoms with Crippen LogP contribution in [0.1, 0.15) is 18.2 Å². The molecule has 0 radical (unpaired) electrons. The summed E-state index contributed by atoms with van der Waals surface area (Å²) in [4.78, 5) is 24.1. The van der Waals surface area contributed by atoms with Crippen LogP contribution < -0.4 is 5.73 Å². The van der Waals surface area contributed by atoms with E-state index in [2.05, 4.69) is 4.98 Å². The Hall–Kier alpha value is -2.06. The molecule has 0 fully saturated rings. The third-order valence-electron chi connectivity index (χ3n) is 2.07. The van der Waals surface area contributed by atoms with Crippen molar-refractivity contribution in [3.8, 4) is 0 Å². The van der Waals surface area contributed by atoms with Gasteiger partial charge < -0.3 is 15.9 Å². The summed E-state index contributed by atoms with van der Waals surface area (Å²) < 4.78 is 0. The lowest BCUT2D eigenvalue weighted by atomic mass is 10.1. The van der Waals surface area contributed by atoms with Gasteiger partial charge in [-0.15, -0.1) is 0 Å². The van der Waals surface area contributed by atoms with Crippen LogP contribution in [0.4, 0.5) is 5.69 Å². The van der Waals surface area contributed by atoms with E-state index < -0.39 is 35.1 Å². The predicted octanol–water partition coefficient (Wildman–Crippen LogP) is -0.741. The van der Waals surface area contributed by atoms with E-state index >= 15 is 0 Å². The zero-order valence-electron chi connectivity index (χ0n) is 8.68. The molecule has 0 aliphatic heterocycles. The van der Waals surface area contributed by atoms with Crippen molar-refractivity contribution >= 4 is 11.6 Å². The quantitative estimate of drug-likeness (QED) is 0.458. The van der Waals surface area contributed by atoms with Crippen molar-refractivity contribution < 1.29 is 19.9 Å². The van der Waals surface area contributed by atoms with Crippen molar-refractivity contribution in [2.24, 2.45) is 5.73 Å². The average Bonchev–Trinajstić information content (AvgIpc) is 2.27. The number of rotatable bonds is 5. The average molecular weight is 241 g/mol. The second-order valence-corrected chi connectivity index (χ2v) is 3.35. The Kier molecular flexibility index (Phi) is 4.07. The first kappa shape index (κ1) is 13.0. The molecule has 0 aliphatic carbocycles. The van der Waals surface area contributed by atoms with Crippen LogP contribution in [-0.2, 0) is 4.79 Å². The van der Waals surface area contributed by atoms with E-state index in [1.807, 2.05) is 0 Å². The van der Waals surface area contributed by atoms with Gasteiger partial charge in [0.05, 0.1) is 17.4 Å². The first-order valence-corrected chi connectivity index (χ1v) is 4.67. The third kappa shape index (κ3) is 3.20. The fourth-order valence-electron chi connectivity index (χ4n) is 1.29. The molecule has 0 saturated heterocycles. The van der Waals surface area contributed by atoms with Crippen LogP contribution >= 0.6 is 0 Å². The molecule has 1 rings (SSSR count). The number of aromatic nitrogens is 1. The summed E-state index contributed by atoms with van der Waals surface area (Å²) in [6.07, 6.45) is -2.43. The molecule has 17 heavy (non-hydrogen) atoms. The monoisotopic (exact) mass is 241 g/mol. The van der Waals surface area contributed by atoms with Gasteiger partial charge in [-0.2, -0.15) is 0 Å². The SMILES string of the molecule is NC(=O)CC(O)C(O)c1ncccc1[N+](=O)[O-]. The highest BCUT2D eigenvalue weighted by Gasteiger charge is 2.28. The first-order valence-electron chi connectivity index (χ1n) is 4.67. The van der Waals surface area contributed by atoms with Gasteiger partial charge in [0, 0.05) is 12.3 Å². The van der Waals surface area contributed by atoms with Crippen molar-refractivity contribution in [2.75, 3.05) is 0 Å². The molecule has 0 spiro atoms. The van der Waals surface area contributed by atoms with Gasteiger partial charge in [0.2, 0.25) is 5.91 Å². The minimum Gasteiger partial charge on any atom is -0.389 e. The Bertz CT molecular complexity index is 436. The van der Waals surface area contributed by atoms with E-state index in [-0.39, 0.29) is 5.69 Å². The van der Waals surface area contributed by atoms with Gasteiger partial charge in [-0.1, -0.05) is 0 Å². The number of nitrogens with zero attached hydrogens (tertiary/aromatic N) is 2. The van der Waals surface area contributed by atoms with E-state index in [4.69, 9.17) is 5.73 Å². The van der Waals surface area contributed by atoms with Crippen molar-refractivity contribution in [1.82, 2.24) is 4.98 Å². The summed E-state index contributed by atoms with van der Waals surface area (Å²) in [7, 11) is 0. The summed E-state index contributed by atoms with van der Waals surface area (Å²) in [6, 6.07) is 2.47. The fraction of sp³-hybridized carbons (Fsp3) is 0.333. The molecule has 92 valence electrons. The molecule has 4 N–H and O–H groups in total. The van der Waals surface area contributed by atoms with E-state index in [0.29, 0.717) is 0 Å². The second-order valence-electron chi connectivity index (χ2n) is 3.35. The van der Waals surface area contributed by atoms with Gasteiger partial charge >= 0.3 is 0 Å². The number of carbonyl (C=O) groups is 1. The molecule has 8 nitrogen and oxygen atoms in total. The molecule has 1 aromatic heterocycles. The first-order chi connectivity index (χ1) is 7.93. The topological polar surface area (TPSA) is 140 Å². The summed E-state index contributed by atoms with van der Waals surface area (Å²) >= 11 is 0. The number of nitro groups is 1. The highest BCUT2D eigenvalue weighted by molar-refractivity contribution is 5.74. The molecule has 1 aromatic rings. The second kappa shape index (κ2) is 5.32. The van der Waals surface area contributed by atoms with Crippen LogP contribution in [0.15, 0.2) is 18.3 Å². The lowest BCUT2D eigenvalue weighted by Crippen LogP contribution is -2.26. The van der Waals surface area contributed by atoms with Crippen molar-refractivity contribution in [1.29, 1.82) is 0 Å². The van der Waals surface area contributed by atoms with E-state index in [0.717, 1.165) is 6.07 Å². The Labute approximate surface area is 95.9 Å². The van der Waals surface area contributed by atoms with Crippen LogP contribution in [0.25, 0.3) is 0 Å². The molecule has 2 atom stereocenters. The lowest BCUT2D eigenvalue weighted by molar-refractivity contribution is -0.386. The Morgan fingerprint density at radius 3 is 2.76 bits per heavy atom. The lowest BCUT2D eigenvalue weighted by Gasteiger charge is -2.15. The Morgan fingerprint density at radius 1 is 1.59 bits per heavy atom. The number of hydrogen-bond donors (Lipinski definition) is 3. The van der Waals surface area contributed by atoms with Crippen LogP contribution in [0, 0.1) is 10.1 Å². The predicted molar refractivity (Wildman–Crippen MR) is 55.7 cm³/mol. The molecule has 8 heteroatoms. The maximum atomic E-state index is 10.7. The number of aliphatic hydroxyl groups is 2. The molecule has 1 heterocycles. The number of pyridine rings is 1. The van der Waals surface area contributed by atoms with Crippen molar-refractivity contribution in [3.05, 3.63) is 34.1 Å². The Balaban J connectivity index is 2.99. The molecule has 0 saturated carbocycles. The number of aliphatic hydroxyl groups excluding tert-OH is 2. The van der Waals surface area contributed by atoms with Gasteiger partial charge in [0.25, 0.3) is 5.69 Å². The smallest absolute Gasteiger partial charge is 0.293 e. The standard InChI is InChI=1S/C9H11N3O5/c10-7(14)4-6(13)9(15)8-5(12(16)17)2-1-3-11-8/h1-3,6,9,13,15H,4H2,(H2,10,14). The summed E-state index contributed by atoms with van der Waals surface area (Å²) in [5.74, 6) is -0.824. The maximum absolute atomic E-state index is 10.7. The van der Waals surface area contributed by atoms with Crippen molar-refractivity contribution in [2.45, 2.75) is 18.6 Å². The summed E-state index contributed by atoms with van der Waals surface area (Å²) in [5.41, 5.74) is 4.12. The molecule has 0 aliphatic rings. The number of primary amides is 1. The summed E-state index contributed by atoms with van der Waals surface area (Å²) in [5, 5.41) is 29.7. The van der Waals surface area contributed by atoms with Crippen LogP contribution in [0.3, 0.4) is 0 Å². The molecule has 2 unspecified atom stereocenters. The summed E-state index contributed by atoms with van der Waals surface area (Å²) in [6.45, 7) is 0. The molecule has 0 bridgehead atoms. The normalized spacial score (nSPS) is 14.0. The van der Waals surface area contributed by atoms with Crippen molar-refractivity contribution in [3.63, 3.8) is 0 Å². The third-order valence-corrected chi connectivity index (χ3v) is 2.07. The van der Waals surface area contributed by atoms with E-state index in [1.165, 1.54) is 12.3 Å². The zero-order valence-corrected chi connectivity index (χ0v) is 8.68. The fourth-order valence-corrected chi connectivity index (χ4v) is 1.29. The van der Waals surface area contributed by atoms with Gasteiger partial charge in [-0.05, 0) is 6.07 Å². The number of carbonyl (C=O) groups excluding carboxylic acids is 1. The minimum atomic E-state index is -1.64. The minimum absolute atomic E-state index is 0.300. The van der Waals surface area contributed by atoms with Gasteiger partial charge in [0.1, 0.15) is 11.8 Å². The molecule has 1 amide bonds. The van der Waals surface area contributed by atoms with Crippen LogP contribution in [0.5, 0.6) is 0 Å². The van der Waals surface area contributed by atoms with Gasteiger partial charge in [-0.3, -0.25) is 19.9 Å². The number of nitrogens with two attached hydrogens (primary N) is 1. The number of hydrogen-bond acceptors (Lipinski definition) is 6. The molecular formula is C9H11N3O5. The van der Waals surface area contributed by atoms with Crippen LogP contribution in [-0.4, -0.2) is 32.1 Å². The highest BCUT2D eigenvalue weighted by atomic mass is 16.6.